The van der Waals surface area contributed by atoms with Crippen molar-refractivity contribution in [2.24, 2.45) is 0 Å². The van der Waals surface area contributed by atoms with E-state index >= 15 is 0 Å². The van der Waals surface area contributed by atoms with Crippen LogP contribution in [0.5, 0.6) is 0 Å². The topological polar surface area (TPSA) is 95.9 Å². The molecule has 1 rings (SSSR count). The molecular formula is C14H19NO5. The molecule has 1 aromatic carbocycles. The zero-order valence-electron chi connectivity index (χ0n) is 11.7. The van der Waals surface area contributed by atoms with Gasteiger partial charge in [-0.2, -0.15) is 0 Å². The van der Waals surface area contributed by atoms with E-state index in [1.54, 1.807) is 51.1 Å². The number of aliphatic carboxylic acids is 1. The molecule has 0 aliphatic heterocycles. The molecule has 0 saturated heterocycles. The Hall–Kier alpha value is -2.08. The Kier molecular flexibility index (Phi) is 5.10. The number of ether oxygens (including phenoxy) is 1. The number of carboxylic acid groups (broad SMARTS) is 1. The standard InChI is InChI=1S/C14H19NO5/c1-14(2,3)20-13(19)15-10(11(16)12(17)18)9-7-5-4-6-8-9/h4-8,10-11,16H,1-3H3,(H,15,19)(H,17,18)/t10-,11-/m0/s1. The summed E-state index contributed by atoms with van der Waals surface area (Å²) in [5.41, 5.74) is -0.229. The lowest BCUT2D eigenvalue weighted by atomic mass is 10.0. The van der Waals surface area contributed by atoms with E-state index in [0.29, 0.717) is 5.56 Å². The van der Waals surface area contributed by atoms with Gasteiger partial charge in [0.1, 0.15) is 5.60 Å². The largest absolute Gasteiger partial charge is 0.479 e. The number of aliphatic hydroxyl groups is 1. The number of nitrogens with one attached hydrogen (secondary N) is 1. The van der Waals surface area contributed by atoms with Crippen molar-refractivity contribution in [1.82, 2.24) is 5.32 Å². The highest BCUT2D eigenvalue weighted by atomic mass is 16.6. The molecule has 0 spiro atoms. The highest BCUT2D eigenvalue weighted by Gasteiger charge is 2.30. The fourth-order valence-corrected chi connectivity index (χ4v) is 1.58. The van der Waals surface area contributed by atoms with Crippen molar-refractivity contribution in [2.45, 2.75) is 38.5 Å². The third kappa shape index (κ3) is 4.89. The van der Waals surface area contributed by atoms with E-state index in [1.165, 1.54) is 0 Å². The molecule has 2 atom stereocenters. The first-order chi connectivity index (χ1) is 9.20. The number of carbonyl (C=O) groups is 2. The number of aliphatic hydroxyl groups excluding tert-OH is 1. The molecule has 1 aromatic rings. The molecule has 0 aliphatic carbocycles. The summed E-state index contributed by atoms with van der Waals surface area (Å²) >= 11 is 0. The Balaban J connectivity index is 2.90. The van der Waals surface area contributed by atoms with Crippen molar-refractivity contribution in [1.29, 1.82) is 0 Å². The molecule has 0 unspecified atom stereocenters. The van der Waals surface area contributed by atoms with Crippen molar-refractivity contribution < 1.29 is 24.5 Å². The van der Waals surface area contributed by atoms with Crippen molar-refractivity contribution in [3.63, 3.8) is 0 Å². The molecule has 1 amide bonds. The number of carbonyl (C=O) groups excluding carboxylic acids is 1. The molecule has 0 bridgehead atoms. The lowest BCUT2D eigenvalue weighted by molar-refractivity contribution is -0.148. The van der Waals surface area contributed by atoms with E-state index in [1.807, 2.05) is 0 Å². The second kappa shape index (κ2) is 6.38. The Labute approximate surface area is 117 Å². The average molecular weight is 281 g/mol. The first-order valence-electron chi connectivity index (χ1n) is 6.16. The number of amides is 1. The SMILES string of the molecule is CC(C)(C)OC(=O)N[C@@H](c1ccccc1)[C@H](O)C(=O)O. The third-order valence-electron chi connectivity index (χ3n) is 2.40. The minimum Gasteiger partial charge on any atom is -0.479 e. The van der Waals surface area contributed by atoms with Crippen molar-refractivity contribution in [2.75, 3.05) is 0 Å². The third-order valence-corrected chi connectivity index (χ3v) is 2.40. The lowest BCUT2D eigenvalue weighted by Crippen LogP contribution is -2.42. The highest BCUT2D eigenvalue weighted by Crippen LogP contribution is 2.18. The molecular weight excluding hydrogens is 262 g/mol. The monoisotopic (exact) mass is 281 g/mol. The number of alkyl carbamates (subject to hydrolysis) is 1. The number of hydrogen-bond donors (Lipinski definition) is 3. The van der Waals surface area contributed by atoms with E-state index in [-0.39, 0.29) is 0 Å². The summed E-state index contributed by atoms with van der Waals surface area (Å²) in [5, 5.41) is 21.0. The molecule has 3 N–H and O–H groups in total. The van der Waals surface area contributed by atoms with Gasteiger partial charge in [-0.25, -0.2) is 9.59 Å². The van der Waals surface area contributed by atoms with Gasteiger partial charge in [0.2, 0.25) is 0 Å². The van der Waals surface area contributed by atoms with Crippen molar-refractivity contribution in [3.05, 3.63) is 35.9 Å². The van der Waals surface area contributed by atoms with Crippen molar-refractivity contribution in [3.8, 4) is 0 Å². The highest BCUT2D eigenvalue weighted by molar-refractivity contribution is 5.75. The maximum atomic E-state index is 11.7. The average Bonchev–Trinajstić information content (AvgIpc) is 2.34. The van der Waals surface area contributed by atoms with Crippen LogP contribution in [0.4, 0.5) is 4.79 Å². The minimum atomic E-state index is -1.76. The van der Waals surface area contributed by atoms with Gasteiger partial charge in [0, 0.05) is 0 Å². The molecule has 20 heavy (non-hydrogen) atoms. The summed E-state index contributed by atoms with van der Waals surface area (Å²) in [6, 6.07) is 7.29. The predicted molar refractivity (Wildman–Crippen MR) is 72.2 cm³/mol. The summed E-state index contributed by atoms with van der Waals surface area (Å²) in [6.45, 7) is 5.08. The van der Waals surface area contributed by atoms with Crippen molar-refractivity contribution >= 4 is 12.1 Å². The van der Waals surface area contributed by atoms with Crippen LogP contribution in [0.15, 0.2) is 30.3 Å². The van der Waals surface area contributed by atoms with E-state index in [2.05, 4.69) is 5.32 Å². The molecule has 6 heteroatoms. The molecule has 110 valence electrons. The predicted octanol–water partition coefficient (Wildman–Crippen LogP) is 1.70. The van der Waals surface area contributed by atoms with Crippen LogP contribution in [0.3, 0.4) is 0 Å². The van der Waals surface area contributed by atoms with Gasteiger partial charge in [-0.05, 0) is 26.3 Å². The minimum absolute atomic E-state index is 0.480. The fraction of sp³-hybridized carbons (Fsp3) is 0.429. The normalized spacial score (nSPS) is 14.2. The van der Waals surface area contributed by atoms with Gasteiger partial charge in [0.15, 0.2) is 6.10 Å². The Morgan fingerprint density at radius 2 is 1.75 bits per heavy atom. The molecule has 0 radical (unpaired) electrons. The summed E-state index contributed by atoms with van der Waals surface area (Å²) in [4.78, 5) is 22.7. The van der Waals surface area contributed by atoms with E-state index in [4.69, 9.17) is 9.84 Å². The molecule has 0 aliphatic rings. The van der Waals surface area contributed by atoms with Gasteiger partial charge in [-0.3, -0.25) is 0 Å². The second-order valence-corrected chi connectivity index (χ2v) is 5.32. The number of rotatable bonds is 4. The number of hydrogen-bond acceptors (Lipinski definition) is 4. The van der Waals surface area contributed by atoms with Gasteiger partial charge in [-0.15, -0.1) is 0 Å². The fourth-order valence-electron chi connectivity index (χ4n) is 1.58. The van der Waals surface area contributed by atoms with Gasteiger partial charge in [-0.1, -0.05) is 30.3 Å². The zero-order valence-corrected chi connectivity index (χ0v) is 11.7. The quantitative estimate of drug-likeness (QED) is 0.780. The summed E-state index contributed by atoms with van der Waals surface area (Å²) < 4.78 is 5.07. The zero-order chi connectivity index (χ0) is 15.3. The van der Waals surface area contributed by atoms with Crippen LogP contribution >= 0.6 is 0 Å². The van der Waals surface area contributed by atoms with Crippen LogP contribution in [0, 0.1) is 0 Å². The van der Waals surface area contributed by atoms with Gasteiger partial charge >= 0.3 is 12.1 Å². The van der Waals surface area contributed by atoms with E-state index in [9.17, 15) is 14.7 Å². The van der Waals surface area contributed by atoms with E-state index < -0.39 is 29.8 Å². The molecule has 0 heterocycles. The van der Waals surface area contributed by atoms with Gasteiger partial charge in [0.05, 0.1) is 6.04 Å². The Bertz CT molecular complexity index is 466. The molecule has 6 nitrogen and oxygen atoms in total. The van der Waals surface area contributed by atoms with E-state index in [0.717, 1.165) is 0 Å². The number of benzene rings is 1. The van der Waals surface area contributed by atoms with Gasteiger partial charge in [0.25, 0.3) is 0 Å². The molecule has 0 aromatic heterocycles. The smallest absolute Gasteiger partial charge is 0.408 e. The van der Waals surface area contributed by atoms with Crippen LogP contribution in [-0.4, -0.2) is 34.0 Å². The first-order valence-corrected chi connectivity index (χ1v) is 6.16. The van der Waals surface area contributed by atoms with Crippen LogP contribution in [0.2, 0.25) is 0 Å². The summed E-state index contributed by atoms with van der Waals surface area (Å²) in [7, 11) is 0. The van der Waals surface area contributed by atoms with Crippen LogP contribution in [-0.2, 0) is 9.53 Å². The first kappa shape index (κ1) is 16.0. The Morgan fingerprint density at radius 1 is 1.20 bits per heavy atom. The Morgan fingerprint density at radius 3 is 2.20 bits per heavy atom. The second-order valence-electron chi connectivity index (χ2n) is 5.32. The molecule has 0 saturated carbocycles. The number of carboxylic acids is 1. The summed E-state index contributed by atoms with van der Waals surface area (Å²) in [6.07, 6.45) is -2.54. The van der Waals surface area contributed by atoms with Crippen LogP contribution in [0.25, 0.3) is 0 Å². The maximum absolute atomic E-state index is 11.7. The van der Waals surface area contributed by atoms with Crippen LogP contribution < -0.4 is 5.32 Å². The van der Waals surface area contributed by atoms with Crippen LogP contribution in [0.1, 0.15) is 32.4 Å². The van der Waals surface area contributed by atoms with Gasteiger partial charge < -0.3 is 20.3 Å². The maximum Gasteiger partial charge on any atom is 0.408 e. The molecule has 0 fully saturated rings. The lowest BCUT2D eigenvalue weighted by Gasteiger charge is -2.25. The summed E-state index contributed by atoms with van der Waals surface area (Å²) in [5.74, 6) is -1.42.